The predicted octanol–water partition coefficient (Wildman–Crippen LogP) is 0.429. The van der Waals surface area contributed by atoms with Crippen LogP contribution in [0.3, 0.4) is 0 Å². The van der Waals surface area contributed by atoms with E-state index in [4.69, 9.17) is 0 Å². The number of rotatable bonds is 0. The first-order chi connectivity index (χ1) is 3.80. The van der Waals surface area contributed by atoms with Crippen molar-refractivity contribution in [2.45, 2.75) is 6.92 Å². The van der Waals surface area contributed by atoms with Gasteiger partial charge in [-0.2, -0.15) is 4.73 Å². The normalized spacial score (nSPS) is 9.12. The molecule has 2 heteroatoms. The van der Waals surface area contributed by atoms with Crippen LogP contribution in [-0.2, 0) is 0 Å². The van der Waals surface area contributed by atoms with Crippen molar-refractivity contribution in [3.8, 4) is 0 Å². The van der Waals surface area contributed by atoms with Crippen molar-refractivity contribution < 1.29 is 4.73 Å². The van der Waals surface area contributed by atoms with E-state index in [1.807, 2.05) is 0 Å². The zero-order valence-electron chi connectivity index (χ0n) is 4.59. The summed E-state index contributed by atoms with van der Waals surface area (Å²) >= 11 is 0. The van der Waals surface area contributed by atoms with Crippen LogP contribution in [0.1, 0.15) is 5.69 Å². The Hall–Kier alpha value is -1.05. The van der Waals surface area contributed by atoms with E-state index >= 15 is 0 Å². The molecule has 0 atom stereocenters. The van der Waals surface area contributed by atoms with Gasteiger partial charge in [-0.25, -0.2) is 0 Å². The number of nitrogens with zero attached hydrogens (tertiary/aromatic N) is 1. The highest BCUT2D eigenvalue weighted by atomic mass is 16.5. The Morgan fingerprint density at radius 2 is 2.50 bits per heavy atom. The summed E-state index contributed by atoms with van der Waals surface area (Å²) in [5.41, 5.74) is 0.698. The minimum absolute atomic E-state index is 0.698. The molecule has 0 unspecified atom stereocenters. The van der Waals surface area contributed by atoms with Gasteiger partial charge in [-0.1, -0.05) is 0 Å². The van der Waals surface area contributed by atoms with Gasteiger partial charge >= 0.3 is 0 Å². The Kier molecular flexibility index (Phi) is 1.16. The molecule has 0 saturated heterocycles. The second-order valence-electron chi connectivity index (χ2n) is 1.60. The maximum absolute atomic E-state index is 10.5. The lowest BCUT2D eigenvalue weighted by Gasteiger charge is -1.94. The summed E-state index contributed by atoms with van der Waals surface area (Å²) < 4.78 is 0.778. The van der Waals surface area contributed by atoms with Crippen LogP contribution in [0, 0.1) is 18.2 Å². The molecule has 0 bridgehead atoms. The van der Waals surface area contributed by atoms with Crippen molar-refractivity contribution in [2.75, 3.05) is 0 Å². The molecule has 1 heterocycles. The Labute approximate surface area is 48.0 Å². The molecule has 0 saturated carbocycles. The van der Waals surface area contributed by atoms with Crippen molar-refractivity contribution in [1.82, 2.24) is 0 Å². The van der Waals surface area contributed by atoms with Crippen LogP contribution in [-0.4, -0.2) is 0 Å². The van der Waals surface area contributed by atoms with Gasteiger partial charge in [-0.05, 0) is 6.07 Å². The zero-order chi connectivity index (χ0) is 5.98. The van der Waals surface area contributed by atoms with Crippen LogP contribution in [0.2, 0.25) is 0 Å². The second kappa shape index (κ2) is 1.82. The molecule has 1 aromatic heterocycles. The lowest BCUT2D eigenvalue weighted by atomic mass is 10.4. The third-order valence-electron chi connectivity index (χ3n) is 0.960. The van der Waals surface area contributed by atoms with Crippen LogP contribution >= 0.6 is 0 Å². The van der Waals surface area contributed by atoms with Crippen LogP contribution in [0.4, 0.5) is 0 Å². The van der Waals surface area contributed by atoms with E-state index in [-0.39, 0.29) is 0 Å². The maximum atomic E-state index is 10.5. The van der Waals surface area contributed by atoms with Crippen molar-refractivity contribution >= 4 is 0 Å². The smallest absolute Gasteiger partial charge is 0.189 e. The molecule has 0 aliphatic rings. The van der Waals surface area contributed by atoms with E-state index in [0.717, 1.165) is 4.73 Å². The van der Waals surface area contributed by atoms with Crippen molar-refractivity contribution in [3.05, 3.63) is 35.3 Å². The molecular formula is C6H6NO. The molecule has 0 aliphatic heterocycles. The van der Waals surface area contributed by atoms with Crippen LogP contribution in [0.15, 0.2) is 18.3 Å². The first-order valence-electron chi connectivity index (χ1n) is 2.36. The topological polar surface area (TPSA) is 26.9 Å². The quantitative estimate of drug-likeness (QED) is 0.349. The van der Waals surface area contributed by atoms with Gasteiger partial charge < -0.3 is 5.21 Å². The average Bonchev–Trinajstić information content (AvgIpc) is 1.77. The first kappa shape index (κ1) is 5.09. The molecule has 0 amide bonds. The molecule has 41 valence electrons. The molecule has 8 heavy (non-hydrogen) atoms. The highest BCUT2D eigenvalue weighted by molar-refractivity contribution is 4.92. The monoisotopic (exact) mass is 108 g/mol. The molecule has 1 radical (unpaired) electrons. The van der Waals surface area contributed by atoms with E-state index < -0.39 is 0 Å². The lowest BCUT2D eigenvalue weighted by Crippen LogP contribution is -2.28. The Balaban J connectivity index is 3.13. The molecule has 2 nitrogen and oxygen atoms in total. The number of hydrogen-bond donors (Lipinski definition) is 0. The predicted molar refractivity (Wildman–Crippen MR) is 29.0 cm³/mol. The van der Waals surface area contributed by atoms with Gasteiger partial charge in [0.1, 0.15) is 0 Å². The maximum Gasteiger partial charge on any atom is 0.189 e. The highest BCUT2D eigenvalue weighted by Gasteiger charge is 1.89. The van der Waals surface area contributed by atoms with Crippen molar-refractivity contribution in [1.29, 1.82) is 0 Å². The van der Waals surface area contributed by atoms with E-state index in [9.17, 15) is 5.21 Å². The SMILES string of the molecule is Cc1cc[c]c[n+]1[O-]. The molecule has 0 spiro atoms. The molecule has 0 fully saturated rings. The zero-order valence-corrected chi connectivity index (χ0v) is 4.59. The van der Waals surface area contributed by atoms with Gasteiger partial charge in [0.2, 0.25) is 0 Å². The average molecular weight is 108 g/mol. The van der Waals surface area contributed by atoms with Gasteiger partial charge in [-0.3, -0.25) is 0 Å². The summed E-state index contributed by atoms with van der Waals surface area (Å²) in [5, 5.41) is 10.5. The molecule has 1 aromatic rings. The van der Waals surface area contributed by atoms with E-state index in [1.54, 1.807) is 19.1 Å². The Morgan fingerprint density at radius 1 is 1.75 bits per heavy atom. The third kappa shape index (κ3) is 0.780. The van der Waals surface area contributed by atoms with Crippen LogP contribution < -0.4 is 4.73 Å². The minimum Gasteiger partial charge on any atom is -0.618 e. The summed E-state index contributed by atoms with van der Waals surface area (Å²) in [6.45, 7) is 1.75. The Morgan fingerprint density at radius 3 is 2.88 bits per heavy atom. The second-order valence-corrected chi connectivity index (χ2v) is 1.60. The number of aryl methyl sites for hydroxylation is 1. The third-order valence-corrected chi connectivity index (χ3v) is 0.960. The van der Waals surface area contributed by atoms with Gasteiger partial charge in [0.15, 0.2) is 11.9 Å². The van der Waals surface area contributed by atoms with Crippen molar-refractivity contribution in [2.24, 2.45) is 0 Å². The van der Waals surface area contributed by atoms with E-state index in [2.05, 4.69) is 6.07 Å². The fraction of sp³-hybridized carbons (Fsp3) is 0.167. The molecule has 0 N–H and O–H groups in total. The molecule has 0 aliphatic carbocycles. The van der Waals surface area contributed by atoms with Crippen LogP contribution in [0.25, 0.3) is 0 Å². The fourth-order valence-corrected chi connectivity index (χ4v) is 0.455. The van der Waals surface area contributed by atoms with Crippen molar-refractivity contribution in [3.63, 3.8) is 0 Å². The lowest BCUT2D eigenvalue weighted by molar-refractivity contribution is -0.612. The number of pyridine rings is 1. The van der Waals surface area contributed by atoms with E-state index in [1.165, 1.54) is 6.20 Å². The molecule has 1 rings (SSSR count). The van der Waals surface area contributed by atoms with Crippen LogP contribution in [0.5, 0.6) is 0 Å². The fourth-order valence-electron chi connectivity index (χ4n) is 0.455. The first-order valence-corrected chi connectivity index (χ1v) is 2.36. The number of aromatic nitrogens is 1. The summed E-state index contributed by atoms with van der Waals surface area (Å²) in [7, 11) is 0. The molecular weight excluding hydrogens is 102 g/mol. The van der Waals surface area contributed by atoms with Gasteiger partial charge in [0.25, 0.3) is 0 Å². The number of hydrogen-bond acceptors (Lipinski definition) is 1. The van der Waals surface area contributed by atoms with Gasteiger partial charge in [0, 0.05) is 13.0 Å². The van der Waals surface area contributed by atoms with Gasteiger partial charge in [0.05, 0.1) is 6.07 Å². The molecule has 0 aromatic carbocycles. The summed E-state index contributed by atoms with van der Waals surface area (Å²) in [4.78, 5) is 0. The summed E-state index contributed by atoms with van der Waals surface area (Å²) in [6, 6.07) is 6.08. The largest absolute Gasteiger partial charge is 0.618 e. The summed E-state index contributed by atoms with van der Waals surface area (Å²) in [5.74, 6) is 0. The standard InChI is InChI=1S/C6H6NO/c1-6-4-2-3-5-7(6)8/h2,4-5H,1H3. The van der Waals surface area contributed by atoms with Gasteiger partial charge in [-0.15, -0.1) is 0 Å². The minimum atomic E-state index is 0.698. The highest BCUT2D eigenvalue weighted by Crippen LogP contribution is 1.83. The summed E-state index contributed by atoms with van der Waals surface area (Å²) in [6.07, 6.45) is 1.36. The van der Waals surface area contributed by atoms with E-state index in [0.29, 0.717) is 5.69 Å². The Bertz CT molecular complexity index is 165.